The fraction of sp³-hybridized carbons (Fsp3) is 0.474. The highest BCUT2D eigenvalue weighted by molar-refractivity contribution is 5.63. The van der Waals surface area contributed by atoms with Crippen LogP contribution in [0.15, 0.2) is 30.5 Å². The van der Waals surface area contributed by atoms with Crippen molar-refractivity contribution in [2.75, 3.05) is 25.2 Å². The van der Waals surface area contributed by atoms with Gasteiger partial charge in [0.2, 0.25) is 0 Å². The van der Waals surface area contributed by atoms with E-state index in [-0.39, 0.29) is 11.8 Å². The van der Waals surface area contributed by atoms with Crippen molar-refractivity contribution in [3.63, 3.8) is 0 Å². The van der Waals surface area contributed by atoms with Crippen LogP contribution in [0.5, 0.6) is 11.8 Å². The molecule has 0 saturated carbocycles. The first kappa shape index (κ1) is 20.8. The highest BCUT2D eigenvalue weighted by Gasteiger charge is 2.36. The molecule has 0 saturated heterocycles. The van der Waals surface area contributed by atoms with Crippen LogP contribution in [0.4, 0.5) is 24.7 Å². The van der Waals surface area contributed by atoms with E-state index in [4.69, 9.17) is 9.47 Å². The number of unbranched alkanes of at least 4 members (excludes halogenated alkanes) is 1. The molecule has 8 heteroatoms. The van der Waals surface area contributed by atoms with E-state index in [1.54, 1.807) is 24.3 Å². The average Bonchev–Trinajstić information content (AvgIpc) is 2.65. The van der Waals surface area contributed by atoms with Gasteiger partial charge in [0.05, 0.1) is 13.2 Å². The molecule has 0 amide bonds. The minimum Gasteiger partial charge on any atom is -0.494 e. The summed E-state index contributed by atoms with van der Waals surface area (Å²) in [6, 6.07) is 6.76. The van der Waals surface area contributed by atoms with Gasteiger partial charge >= 0.3 is 12.2 Å². The zero-order chi connectivity index (χ0) is 19.9. The zero-order valence-corrected chi connectivity index (χ0v) is 15.7. The number of halogens is 3. The molecule has 0 N–H and O–H groups in total. The third-order valence-electron chi connectivity index (χ3n) is 3.80. The molecular weight excluding hydrogens is 359 g/mol. The molecule has 1 aromatic heterocycles. The smallest absolute Gasteiger partial charge is 0.421 e. The molecule has 0 fully saturated rings. The Bertz CT molecular complexity index is 721. The second-order valence-corrected chi connectivity index (χ2v) is 5.99. The van der Waals surface area contributed by atoms with Crippen molar-refractivity contribution in [1.29, 1.82) is 0 Å². The topological polar surface area (TPSA) is 47.5 Å². The number of benzene rings is 1. The van der Waals surface area contributed by atoms with Crippen LogP contribution >= 0.6 is 0 Å². The Morgan fingerprint density at radius 2 is 1.70 bits per heavy atom. The highest BCUT2D eigenvalue weighted by atomic mass is 19.4. The van der Waals surface area contributed by atoms with Gasteiger partial charge in [0, 0.05) is 18.9 Å². The number of anilines is 2. The van der Waals surface area contributed by atoms with Gasteiger partial charge in [0.15, 0.2) is 5.82 Å². The van der Waals surface area contributed by atoms with Crippen LogP contribution in [0.1, 0.15) is 38.7 Å². The SMILES string of the molecule is CCCCOc1ccc(N(C)c2nc(OCCC)ncc2C(F)(F)F)cc1. The number of nitrogens with zero attached hydrogens (tertiary/aromatic N) is 3. The summed E-state index contributed by atoms with van der Waals surface area (Å²) in [5.41, 5.74) is -0.374. The van der Waals surface area contributed by atoms with E-state index in [2.05, 4.69) is 16.9 Å². The summed E-state index contributed by atoms with van der Waals surface area (Å²) in [5.74, 6) is 0.412. The lowest BCUT2D eigenvalue weighted by molar-refractivity contribution is -0.137. The summed E-state index contributed by atoms with van der Waals surface area (Å²) < 4.78 is 51.0. The molecule has 0 bridgehead atoms. The number of ether oxygens (including phenoxy) is 2. The Balaban J connectivity index is 2.28. The van der Waals surface area contributed by atoms with Crippen molar-refractivity contribution >= 4 is 11.5 Å². The van der Waals surface area contributed by atoms with E-state index in [0.717, 1.165) is 19.0 Å². The molecular formula is C19H24F3N3O2. The van der Waals surface area contributed by atoms with Crippen LogP contribution < -0.4 is 14.4 Å². The quantitative estimate of drug-likeness (QED) is 0.555. The molecule has 1 aromatic carbocycles. The van der Waals surface area contributed by atoms with Crippen molar-refractivity contribution in [1.82, 2.24) is 9.97 Å². The molecule has 1 heterocycles. The molecule has 148 valence electrons. The minimum atomic E-state index is -4.57. The molecule has 5 nitrogen and oxygen atoms in total. The summed E-state index contributed by atoms with van der Waals surface area (Å²) in [6.07, 6.45) is -1.15. The van der Waals surface area contributed by atoms with Crippen LogP contribution in [-0.4, -0.2) is 30.2 Å². The van der Waals surface area contributed by atoms with Gasteiger partial charge < -0.3 is 14.4 Å². The van der Waals surface area contributed by atoms with Gasteiger partial charge in [-0.1, -0.05) is 20.3 Å². The lowest BCUT2D eigenvalue weighted by atomic mass is 10.2. The molecule has 2 aromatic rings. The third kappa shape index (κ3) is 5.74. The number of aromatic nitrogens is 2. The van der Waals surface area contributed by atoms with Gasteiger partial charge in [-0.3, -0.25) is 0 Å². The van der Waals surface area contributed by atoms with Crippen molar-refractivity contribution in [2.45, 2.75) is 39.3 Å². The molecule has 0 radical (unpaired) electrons. The van der Waals surface area contributed by atoms with Gasteiger partial charge in [-0.2, -0.15) is 18.2 Å². The van der Waals surface area contributed by atoms with Crippen LogP contribution in [0, 0.1) is 0 Å². The van der Waals surface area contributed by atoms with E-state index < -0.39 is 11.7 Å². The van der Waals surface area contributed by atoms with Crippen LogP contribution in [0.2, 0.25) is 0 Å². The number of alkyl halides is 3. The maximum Gasteiger partial charge on any atom is 0.421 e. The first-order valence-corrected chi connectivity index (χ1v) is 8.90. The average molecular weight is 383 g/mol. The first-order valence-electron chi connectivity index (χ1n) is 8.90. The lowest BCUT2D eigenvalue weighted by Crippen LogP contribution is -2.19. The van der Waals surface area contributed by atoms with E-state index in [1.807, 2.05) is 6.92 Å². The van der Waals surface area contributed by atoms with E-state index in [1.165, 1.54) is 11.9 Å². The molecule has 0 aliphatic carbocycles. The van der Waals surface area contributed by atoms with Crippen molar-refractivity contribution in [2.24, 2.45) is 0 Å². The molecule has 27 heavy (non-hydrogen) atoms. The molecule has 0 spiro atoms. The molecule has 0 atom stereocenters. The Morgan fingerprint density at radius 1 is 1.00 bits per heavy atom. The van der Waals surface area contributed by atoms with Crippen molar-refractivity contribution in [3.05, 3.63) is 36.0 Å². The molecule has 0 aliphatic rings. The highest BCUT2D eigenvalue weighted by Crippen LogP contribution is 2.37. The molecule has 0 unspecified atom stereocenters. The van der Waals surface area contributed by atoms with Gasteiger partial charge in [-0.05, 0) is 37.1 Å². The maximum atomic E-state index is 13.4. The number of hydrogen-bond acceptors (Lipinski definition) is 5. The summed E-state index contributed by atoms with van der Waals surface area (Å²) >= 11 is 0. The van der Waals surface area contributed by atoms with Gasteiger partial charge in [-0.15, -0.1) is 0 Å². The fourth-order valence-electron chi connectivity index (χ4n) is 2.30. The molecule has 0 aliphatic heterocycles. The predicted octanol–water partition coefficient (Wildman–Crippen LogP) is 5.23. The standard InChI is InChI=1S/C19H24F3N3O2/c1-4-6-12-26-15-9-7-14(8-10-15)25(3)17-16(19(20,21)22)13-23-18(24-17)27-11-5-2/h7-10,13H,4-6,11-12H2,1-3H3. The summed E-state index contributed by atoms with van der Waals surface area (Å²) in [7, 11) is 1.52. The maximum absolute atomic E-state index is 13.4. The fourth-order valence-corrected chi connectivity index (χ4v) is 2.30. The number of hydrogen-bond donors (Lipinski definition) is 0. The van der Waals surface area contributed by atoms with Crippen molar-refractivity contribution < 1.29 is 22.6 Å². The third-order valence-corrected chi connectivity index (χ3v) is 3.80. The van der Waals surface area contributed by atoms with Crippen molar-refractivity contribution in [3.8, 4) is 11.8 Å². The lowest BCUT2D eigenvalue weighted by Gasteiger charge is -2.22. The zero-order valence-electron chi connectivity index (χ0n) is 15.7. The second kappa shape index (κ2) is 9.43. The van der Waals surface area contributed by atoms with E-state index in [0.29, 0.717) is 31.1 Å². The Hall–Kier alpha value is -2.51. The Kier molecular flexibility index (Phi) is 7.27. The van der Waals surface area contributed by atoms with Crippen LogP contribution in [0.3, 0.4) is 0 Å². The minimum absolute atomic E-state index is 0.0776. The summed E-state index contributed by atoms with van der Waals surface area (Å²) in [5, 5.41) is 0. The Morgan fingerprint density at radius 3 is 2.30 bits per heavy atom. The summed E-state index contributed by atoms with van der Waals surface area (Å²) in [4.78, 5) is 9.01. The van der Waals surface area contributed by atoms with Gasteiger partial charge in [-0.25, -0.2) is 4.98 Å². The van der Waals surface area contributed by atoms with Gasteiger partial charge in [0.25, 0.3) is 0 Å². The summed E-state index contributed by atoms with van der Waals surface area (Å²) in [6.45, 7) is 4.90. The second-order valence-electron chi connectivity index (χ2n) is 5.99. The normalized spacial score (nSPS) is 11.3. The van der Waals surface area contributed by atoms with E-state index >= 15 is 0 Å². The monoisotopic (exact) mass is 383 g/mol. The van der Waals surface area contributed by atoms with Crippen LogP contribution in [0.25, 0.3) is 0 Å². The van der Waals surface area contributed by atoms with Gasteiger partial charge in [0.1, 0.15) is 11.3 Å². The largest absolute Gasteiger partial charge is 0.494 e. The predicted molar refractivity (Wildman–Crippen MR) is 97.7 cm³/mol. The van der Waals surface area contributed by atoms with E-state index in [9.17, 15) is 13.2 Å². The molecule has 2 rings (SSSR count). The Labute approximate surface area is 157 Å². The number of rotatable bonds is 9. The van der Waals surface area contributed by atoms with Crippen LogP contribution in [-0.2, 0) is 6.18 Å². The first-order chi connectivity index (χ1) is 12.9.